The monoisotopic (exact) mass is 396 g/mol. The van der Waals surface area contributed by atoms with Crippen LogP contribution in [-0.2, 0) is 14.3 Å². The van der Waals surface area contributed by atoms with Crippen LogP contribution in [0.3, 0.4) is 0 Å². The summed E-state index contributed by atoms with van der Waals surface area (Å²) in [6.07, 6.45) is 1.43. The van der Waals surface area contributed by atoms with Crippen LogP contribution in [0, 0.1) is 17.3 Å². The molecule has 0 saturated heterocycles. The minimum Gasteiger partial charge on any atom is -0.497 e. The number of benzene rings is 1. The molecule has 0 heterocycles. The molecular formula is C24H28O5. The molecule has 0 spiro atoms. The van der Waals surface area contributed by atoms with Gasteiger partial charge in [0.25, 0.3) is 0 Å². The molecule has 0 aliphatic heterocycles. The molecule has 1 N–H and O–H groups in total. The predicted octanol–water partition coefficient (Wildman–Crippen LogP) is 4.17. The van der Waals surface area contributed by atoms with Gasteiger partial charge < -0.3 is 14.6 Å². The molecule has 0 radical (unpaired) electrons. The third kappa shape index (κ3) is 4.96. The fourth-order valence-electron chi connectivity index (χ4n) is 3.40. The first kappa shape index (κ1) is 22.4. The quantitative estimate of drug-likeness (QED) is 0.597. The van der Waals surface area contributed by atoms with Crippen molar-refractivity contribution < 1.29 is 24.2 Å². The molecule has 0 unspecified atom stereocenters. The van der Waals surface area contributed by atoms with Crippen molar-refractivity contribution in [2.24, 2.45) is 5.41 Å². The summed E-state index contributed by atoms with van der Waals surface area (Å²) in [6.45, 7) is 9.65. The summed E-state index contributed by atoms with van der Waals surface area (Å²) in [7, 11) is 1.60. The second kappa shape index (κ2) is 8.67. The van der Waals surface area contributed by atoms with Gasteiger partial charge in [-0.2, -0.15) is 0 Å². The first-order chi connectivity index (χ1) is 13.5. The second-order valence-corrected chi connectivity index (χ2v) is 8.11. The number of methoxy groups -OCH3 is 1. The molecular weight excluding hydrogens is 368 g/mol. The van der Waals surface area contributed by atoms with Gasteiger partial charge in [0.15, 0.2) is 5.78 Å². The highest BCUT2D eigenvalue weighted by Crippen LogP contribution is 2.47. The lowest BCUT2D eigenvalue weighted by Crippen LogP contribution is -2.50. The van der Waals surface area contributed by atoms with Gasteiger partial charge in [0, 0.05) is 23.5 Å². The lowest BCUT2D eigenvalue weighted by atomic mass is 9.63. The number of aliphatic carboxylic acids is 1. The molecule has 1 aromatic carbocycles. The van der Waals surface area contributed by atoms with Crippen LogP contribution in [0.1, 0.15) is 46.6 Å². The molecule has 5 heteroatoms. The van der Waals surface area contributed by atoms with E-state index in [1.165, 1.54) is 0 Å². The zero-order chi connectivity index (χ0) is 21.8. The molecule has 0 saturated carbocycles. The molecule has 0 aromatic heterocycles. The number of ketones is 1. The largest absolute Gasteiger partial charge is 0.497 e. The Bertz CT molecular complexity index is 922. The first-order valence-corrected chi connectivity index (χ1v) is 9.45. The summed E-state index contributed by atoms with van der Waals surface area (Å²) in [5.74, 6) is 5.82. The Hall–Kier alpha value is -2.84. The first-order valence-electron chi connectivity index (χ1n) is 9.45. The van der Waals surface area contributed by atoms with Gasteiger partial charge in [-0.1, -0.05) is 25.7 Å². The van der Waals surface area contributed by atoms with Crippen molar-refractivity contribution >= 4 is 11.8 Å². The highest BCUT2D eigenvalue weighted by atomic mass is 16.5. The maximum absolute atomic E-state index is 12.8. The van der Waals surface area contributed by atoms with Crippen LogP contribution in [0.15, 0.2) is 47.1 Å². The van der Waals surface area contributed by atoms with Gasteiger partial charge in [-0.05, 0) is 56.2 Å². The molecule has 5 nitrogen and oxygen atoms in total. The molecule has 29 heavy (non-hydrogen) atoms. The second-order valence-electron chi connectivity index (χ2n) is 8.11. The van der Waals surface area contributed by atoms with Gasteiger partial charge in [-0.25, -0.2) is 4.79 Å². The number of rotatable bonds is 5. The van der Waals surface area contributed by atoms with Gasteiger partial charge in [-0.15, -0.1) is 0 Å². The van der Waals surface area contributed by atoms with Crippen molar-refractivity contribution in [1.82, 2.24) is 0 Å². The summed E-state index contributed by atoms with van der Waals surface area (Å²) < 4.78 is 11.3. The van der Waals surface area contributed by atoms with Crippen LogP contribution in [0.5, 0.6) is 5.75 Å². The van der Waals surface area contributed by atoms with E-state index in [9.17, 15) is 9.59 Å². The molecule has 0 bridgehead atoms. The Morgan fingerprint density at radius 3 is 2.38 bits per heavy atom. The SMILES string of the molecule is COc1ccc(C#CC2=C(C)[C@@](C)(OC/C(C)=C\C(=O)O)C(C)(C)CC2=O)cc1. The summed E-state index contributed by atoms with van der Waals surface area (Å²) in [5, 5.41) is 8.92. The Balaban J connectivity index is 2.40. The van der Waals surface area contributed by atoms with Crippen LogP contribution in [0.25, 0.3) is 0 Å². The van der Waals surface area contributed by atoms with E-state index in [1.54, 1.807) is 14.0 Å². The van der Waals surface area contributed by atoms with E-state index in [0.717, 1.165) is 23.0 Å². The van der Waals surface area contributed by atoms with Crippen LogP contribution >= 0.6 is 0 Å². The normalized spacial score (nSPS) is 21.4. The van der Waals surface area contributed by atoms with Gasteiger partial charge in [0.05, 0.1) is 24.9 Å². The molecule has 1 atom stereocenters. The zero-order valence-electron chi connectivity index (χ0n) is 17.9. The molecule has 1 aromatic rings. The maximum atomic E-state index is 12.8. The van der Waals surface area contributed by atoms with Crippen molar-refractivity contribution in [3.8, 4) is 17.6 Å². The Kier molecular flexibility index (Phi) is 6.71. The fraction of sp³-hybridized carbons (Fsp3) is 0.417. The summed E-state index contributed by atoms with van der Waals surface area (Å²) in [4.78, 5) is 23.7. The summed E-state index contributed by atoms with van der Waals surface area (Å²) in [5.41, 5.74) is 1.41. The fourth-order valence-corrected chi connectivity index (χ4v) is 3.40. The predicted molar refractivity (Wildman–Crippen MR) is 112 cm³/mol. The van der Waals surface area contributed by atoms with Crippen LogP contribution in [-0.4, -0.2) is 36.2 Å². The number of carbonyl (C=O) groups excluding carboxylic acids is 1. The average molecular weight is 396 g/mol. The zero-order valence-corrected chi connectivity index (χ0v) is 17.9. The van der Waals surface area contributed by atoms with Gasteiger partial charge >= 0.3 is 5.97 Å². The Morgan fingerprint density at radius 1 is 1.21 bits per heavy atom. The number of hydrogen-bond donors (Lipinski definition) is 1. The third-order valence-corrected chi connectivity index (χ3v) is 5.64. The molecule has 154 valence electrons. The maximum Gasteiger partial charge on any atom is 0.328 e. The molecule has 1 aliphatic rings. The number of carboxylic acids is 1. The third-order valence-electron chi connectivity index (χ3n) is 5.64. The van der Waals surface area contributed by atoms with Gasteiger partial charge in [0.2, 0.25) is 0 Å². The van der Waals surface area contributed by atoms with Crippen LogP contribution in [0.4, 0.5) is 0 Å². The number of hydrogen-bond acceptors (Lipinski definition) is 4. The van der Waals surface area contributed by atoms with Crippen molar-refractivity contribution in [3.05, 3.63) is 52.6 Å². The number of carbonyl (C=O) groups is 2. The Labute approximate surface area is 172 Å². The highest BCUT2D eigenvalue weighted by molar-refractivity contribution is 6.02. The van der Waals surface area contributed by atoms with E-state index in [4.69, 9.17) is 14.6 Å². The van der Waals surface area contributed by atoms with Crippen LogP contribution < -0.4 is 4.74 Å². The highest BCUT2D eigenvalue weighted by Gasteiger charge is 2.49. The van der Waals surface area contributed by atoms with E-state index in [2.05, 4.69) is 11.8 Å². The van der Waals surface area contributed by atoms with E-state index >= 15 is 0 Å². The average Bonchev–Trinajstić information content (AvgIpc) is 2.64. The van der Waals surface area contributed by atoms with Gasteiger partial charge in [-0.3, -0.25) is 4.79 Å². The van der Waals surface area contributed by atoms with E-state index in [0.29, 0.717) is 17.6 Å². The van der Waals surface area contributed by atoms with Crippen molar-refractivity contribution in [3.63, 3.8) is 0 Å². The minimum absolute atomic E-state index is 0.00705. The molecule has 0 fully saturated rings. The van der Waals surface area contributed by atoms with Crippen LogP contribution in [0.2, 0.25) is 0 Å². The van der Waals surface area contributed by atoms with Crippen molar-refractivity contribution in [1.29, 1.82) is 0 Å². The number of carboxylic acid groups (broad SMARTS) is 1. The standard InChI is InChI=1S/C24H28O5/c1-16(13-22(26)27)15-29-24(5)17(2)20(21(25)14-23(24,3)4)12-9-18-7-10-19(28-6)11-8-18/h7-8,10-11,13H,14-15H2,1-6H3,(H,26,27)/b16-13-/t24-/m1/s1. The van der Waals surface area contributed by atoms with Gasteiger partial charge in [0.1, 0.15) is 5.75 Å². The number of Topliss-reactive ketones (excluding diaryl/α,β-unsaturated/α-hetero) is 1. The number of allylic oxidation sites excluding steroid dienone is 1. The molecule has 0 amide bonds. The number of ether oxygens (including phenoxy) is 2. The Morgan fingerprint density at radius 2 is 1.83 bits per heavy atom. The molecule has 1 aliphatic carbocycles. The van der Waals surface area contributed by atoms with Crippen molar-refractivity contribution in [2.75, 3.05) is 13.7 Å². The van der Waals surface area contributed by atoms with E-state index in [-0.39, 0.29) is 12.4 Å². The lowest BCUT2D eigenvalue weighted by molar-refractivity contribution is -0.131. The summed E-state index contributed by atoms with van der Waals surface area (Å²) >= 11 is 0. The molecule has 2 rings (SSSR count). The summed E-state index contributed by atoms with van der Waals surface area (Å²) in [6, 6.07) is 7.33. The topological polar surface area (TPSA) is 72.8 Å². The van der Waals surface area contributed by atoms with Crippen molar-refractivity contribution in [2.45, 2.75) is 46.6 Å². The smallest absolute Gasteiger partial charge is 0.328 e. The van der Waals surface area contributed by atoms with E-state index in [1.807, 2.05) is 52.0 Å². The van der Waals surface area contributed by atoms with E-state index < -0.39 is 17.0 Å². The lowest BCUT2D eigenvalue weighted by Gasteiger charge is -2.48. The minimum atomic E-state index is -1.01.